The molecule has 0 heterocycles. The number of benzene rings is 2. The smallest absolute Gasteiger partial charge is 0.131 e. The van der Waals surface area contributed by atoms with Crippen LogP contribution in [0.2, 0.25) is 5.02 Å². The van der Waals surface area contributed by atoms with Gasteiger partial charge in [-0.2, -0.15) is 0 Å². The molecule has 0 spiro atoms. The summed E-state index contributed by atoms with van der Waals surface area (Å²) >= 11 is 6.02. The summed E-state index contributed by atoms with van der Waals surface area (Å²) in [7, 11) is 0. The summed E-state index contributed by atoms with van der Waals surface area (Å²) in [6.07, 6.45) is 0. The van der Waals surface area contributed by atoms with Crippen molar-refractivity contribution in [3.63, 3.8) is 0 Å². The quantitative estimate of drug-likeness (QED) is 0.915. The van der Waals surface area contributed by atoms with Gasteiger partial charge in [0.2, 0.25) is 0 Å². The van der Waals surface area contributed by atoms with Gasteiger partial charge < -0.3 is 10.5 Å². The van der Waals surface area contributed by atoms with Crippen molar-refractivity contribution in [3.8, 4) is 5.75 Å². The maximum atomic E-state index is 13.7. The summed E-state index contributed by atoms with van der Waals surface area (Å²) in [6, 6.07) is 11.7. The molecule has 100 valence electrons. The van der Waals surface area contributed by atoms with Crippen LogP contribution in [0.3, 0.4) is 0 Å². The first-order chi connectivity index (χ1) is 9.08. The number of nitrogens with two attached hydrogens (primary N) is 1. The molecule has 2 N–H and O–H groups in total. The van der Waals surface area contributed by atoms with Gasteiger partial charge in [0.05, 0.1) is 0 Å². The summed E-state index contributed by atoms with van der Waals surface area (Å²) in [5.41, 5.74) is 6.99. The molecule has 0 aliphatic heterocycles. The molecule has 19 heavy (non-hydrogen) atoms. The summed E-state index contributed by atoms with van der Waals surface area (Å²) in [5.74, 6) is 0.105. The zero-order valence-electron chi connectivity index (χ0n) is 10.6. The Bertz CT molecular complexity index is 572. The van der Waals surface area contributed by atoms with Crippen molar-refractivity contribution in [2.24, 2.45) is 5.73 Å². The summed E-state index contributed by atoms with van der Waals surface area (Å²) in [6.45, 7) is 2.04. The second kappa shape index (κ2) is 6.04. The van der Waals surface area contributed by atoms with Crippen LogP contribution in [0.1, 0.15) is 24.1 Å². The van der Waals surface area contributed by atoms with E-state index in [-0.39, 0.29) is 11.9 Å². The fraction of sp³-hybridized carbons (Fsp3) is 0.200. The summed E-state index contributed by atoms with van der Waals surface area (Å²) in [5, 5.41) is 0.634. The van der Waals surface area contributed by atoms with Crippen LogP contribution >= 0.6 is 11.6 Å². The van der Waals surface area contributed by atoms with Gasteiger partial charge in [-0.3, -0.25) is 0 Å². The highest BCUT2D eigenvalue weighted by atomic mass is 35.5. The molecule has 0 saturated heterocycles. The van der Waals surface area contributed by atoms with Gasteiger partial charge in [-0.1, -0.05) is 35.9 Å². The van der Waals surface area contributed by atoms with E-state index in [1.165, 1.54) is 6.07 Å². The lowest BCUT2D eigenvalue weighted by Gasteiger charge is -2.11. The van der Waals surface area contributed by atoms with E-state index in [2.05, 4.69) is 0 Å². The third-order valence-corrected chi connectivity index (χ3v) is 3.18. The van der Waals surface area contributed by atoms with Crippen LogP contribution in [0.25, 0.3) is 0 Å². The van der Waals surface area contributed by atoms with Gasteiger partial charge in [-0.25, -0.2) is 4.39 Å². The molecule has 0 saturated carbocycles. The normalized spacial score (nSPS) is 12.2. The molecule has 0 aliphatic carbocycles. The van der Waals surface area contributed by atoms with E-state index in [0.717, 1.165) is 5.56 Å². The van der Waals surface area contributed by atoms with E-state index < -0.39 is 0 Å². The minimum atomic E-state index is -0.355. The highest BCUT2D eigenvalue weighted by Gasteiger charge is 2.08. The van der Waals surface area contributed by atoms with Crippen LogP contribution in [0.5, 0.6) is 5.75 Å². The maximum absolute atomic E-state index is 13.7. The zero-order valence-corrected chi connectivity index (χ0v) is 11.3. The molecule has 1 atom stereocenters. The Hall–Kier alpha value is -1.58. The van der Waals surface area contributed by atoms with Crippen molar-refractivity contribution in [2.75, 3.05) is 0 Å². The van der Waals surface area contributed by atoms with E-state index in [0.29, 0.717) is 22.9 Å². The first-order valence-corrected chi connectivity index (χ1v) is 6.37. The zero-order chi connectivity index (χ0) is 13.8. The monoisotopic (exact) mass is 279 g/mol. The molecule has 0 radical (unpaired) electrons. The lowest BCUT2D eigenvalue weighted by atomic mass is 10.1. The fourth-order valence-corrected chi connectivity index (χ4v) is 1.93. The molecule has 0 fully saturated rings. The van der Waals surface area contributed by atoms with E-state index in [4.69, 9.17) is 22.1 Å². The van der Waals surface area contributed by atoms with E-state index in [1.54, 1.807) is 25.1 Å². The highest BCUT2D eigenvalue weighted by molar-refractivity contribution is 6.31. The van der Waals surface area contributed by atoms with Crippen molar-refractivity contribution >= 4 is 11.6 Å². The average Bonchev–Trinajstić information content (AvgIpc) is 2.37. The molecule has 0 aliphatic rings. The van der Waals surface area contributed by atoms with Crippen molar-refractivity contribution in [3.05, 3.63) is 64.4 Å². The minimum absolute atomic E-state index is 0.302. The van der Waals surface area contributed by atoms with Gasteiger partial charge in [0, 0.05) is 28.3 Å². The van der Waals surface area contributed by atoms with Crippen molar-refractivity contribution in [2.45, 2.75) is 19.6 Å². The number of halogens is 2. The molecule has 2 nitrogen and oxygen atoms in total. The van der Waals surface area contributed by atoms with E-state index >= 15 is 0 Å². The lowest BCUT2D eigenvalue weighted by Crippen LogP contribution is -2.07. The first kappa shape index (κ1) is 13.8. The van der Waals surface area contributed by atoms with Crippen LogP contribution in [-0.2, 0) is 6.61 Å². The van der Waals surface area contributed by atoms with Gasteiger partial charge in [-0.05, 0) is 19.1 Å². The summed E-state index contributed by atoms with van der Waals surface area (Å²) in [4.78, 5) is 0. The number of hydrogen-bond donors (Lipinski definition) is 1. The fourth-order valence-electron chi connectivity index (χ4n) is 1.74. The first-order valence-electron chi connectivity index (χ1n) is 5.99. The number of hydrogen-bond acceptors (Lipinski definition) is 2. The standard InChI is InChI=1S/C15H15ClFNO/c1-10(18)13-7-6-12(8-15(13)17)19-9-11-4-2-3-5-14(11)16/h2-8,10H,9,18H2,1H3/t10-/m1/s1. The molecule has 0 amide bonds. The second-order valence-corrected chi connectivity index (χ2v) is 4.76. The molecule has 4 heteroatoms. The third-order valence-electron chi connectivity index (χ3n) is 2.81. The molecular formula is C15H15ClFNO. The average molecular weight is 280 g/mol. The van der Waals surface area contributed by atoms with Crippen molar-refractivity contribution in [1.29, 1.82) is 0 Å². The second-order valence-electron chi connectivity index (χ2n) is 4.35. The summed E-state index contributed by atoms with van der Waals surface area (Å²) < 4.78 is 19.2. The Kier molecular flexibility index (Phi) is 4.40. The Morgan fingerprint density at radius 1 is 1.26 bits per heavy atom. The highest BCUT2D eigenvalue weighted by Crippen LogP contribution is 2.22. The Balaban J connectivity index is 2.08. The van der Waals surface area contributed by atoms with E-state index in [9.17, 15) is 4.39 Å². The molecule has 2 aromatic carbocycles. The molecule has 0 aromatic heterocycles. The number of ether oxygens (including phenoxy) is 1. The Labute approximate surface area is 117 Å². The topological polar surface area (TPSA) is 35.2 Å². The molecule has 0 unspecified atom stereocenters. The number of rotatable bonds is 4. The van der Waals surface area contributed by atoms with Gasteiger partial charge in [0.15, 0.2) is 0 Å². The SMILES string of the molecule is C[C@@H](N)c1ccc(OCc2ccccc2Cl)cc1F. The predicted octanol–water partition coefficient (Wildman–Crippen LogP) is 4.08. The molecule has 2 rings (SSSR count). The lowest BCUT2D eigenvalue weighted by molar-refractivity contribution is 0.304. The van der Waals surface area contributed by atoms with Gasteiger partial charge in [-0.15, -0.1) is 0 Å². The van der Waals surface area contributed by atoms with Crippen LogP contribution in [0, 0.1) is 5.82 Å². The van der Waals surface area contributed by atoms with Gasteiger partial charge >= 0.3 is 0 Å². The van der Waals surface area contributed by atoms with Gasteiger partial charge in [0.25, 0.3) is 0 Å². The molecular weight excluding hydrogens is 265 g/mol. The van der Waals surface area contributed by atoms with Crippen LogP contribution in [0.15, 0.2) is 42.5 Å². The van der Waals surface area contributed by atoms with Gasteiger partial charge in [0.1, 0.15) is 18.2 Å². The largest absolute Gasteiger partial charge is 0.489 e. The predicted molar refractivity (Wildman–Crippen MR) is 74.8 cm³/mol. The Morgan fingerprint density at radius 3 is 2.63 bits per heavy atom. The molecule has 2 aromatic rings. The maximum Gasteiger partial charge on any atom is 0.131 e. The van der Waals surface area contributed by atoms with Crippen molar-refractivity contribution < 1.29 is 9.13 Å². The van der Waals surface area contributed by atoms with Crippen LogP contribution in [0.4, 0.5) is 4.39 Å². The van der Waals surface area contributed by atoms with Crippen LogP contribution < -0.4 is 10.5 Å². The Morgan fingerprint density at radius 2 is 2.00 bits per heavy atom. The van der Waals surface area contributed by atoms with E-state index in [1.807, 2.05) is 18.2 Å². The minimum Gasteiger partial charge on any atom is -0.489 e. The van der Waals surface area contributed by atoms with Crippen molar-refractivity contribution in [1.82, 2.24) is 0 Å². The third kappa shape index (κ3) is 3.46. The van der Waals surface area contributed by atoms with Crippen LogP contribution in [-0.4, -0.2) is 0 Å². The molecule has 0 bridgehead atoms.